The molecule has 0 N–H and O–H groups in total. The van der Waals surface area contributed by atoms with Crippen LogP contribution < -0.4 is 16.1 Å². The average Bonchev–Trinajstić information content (AvgIpc) is 2.80. The van der Waals surface area contributed by atoms with Gasteiger partial charge in [-0.25, -0.2) is 9.78 Å². The minimum atomic E-state index is -0.615. The standard InChI is InChI=1S/C22H22ClN5O4/c1-14(29)26-9-11-27(12-10-26)17-7-8-24-20-19(17)21(31)28(22(32)25(20)2)13-18(30)15-3-5-16(23)6-4-15/h3-8H,9-13H2,1-2H3. The first-order chi connectivity index (χ1) is 15.3. The molecule has 3 aromatic rings. The quantitative estimate of drug-likeness (QED) is 0.550. The van der Waals surface area contributed by atoms with Crippen molar-refractivity contribution >= 4 is 40.0 Å². The molecule has 0 unspecified atom stereocenters. The Hall–Kier alpha value is -3.46. The number of carbonyl (C=O) groups is 2. The molecule has 1 fully saturated rings. The summed E-state index contributed by atoms with van der Waals surface area (Å²) in [6, 6.07) is 8.01. The van der Waals surface area contributed by atoms with Gasteiger partial charge in [0, 0.05) is 56.9 Å². The van der Waals surface area contributed by atoms with E-state index in [1.54, 1.807) is 41.4 Å². The summed E-state index contributed by atoms with van der Waals surface area (Å²) in [7, 11) is 1.53. The maximum absolute atomic E-state index is 13.4. The van der Waals surface area contributed by atoms with E-state index in [4.69, 9.17) is 11.6 Å². The number of anilines is 1. The number of fused-ring (bicyclic) bond motifs is 1. The fourth-order valence-corrected chi connectivity index (χ4v) is 4.06. The van der Waals surface area contributed by atoms with Gasteiger partial charge in [0.25, 0.3) is 5.56 Å². The van der Waals surface area contributed by atoms with Crippen LogP contribution >= 0.6 is 11.6 Å². The van der Waals surface area contributed by atoms with Gasteiger partial charge in [0.05, 0.1) is 12.2 Å². The molecular formula is C22H22ClN5O4. The summed E-state index contributed by atoms with van der Waals surface area (Å²) in [6.07, 6.45) is 1.55. The molecule has 0 atom stereocenters. The summed E-state index contributed by atoms with van der Waals surface area (Å²) in [6.45, 7) is 3.30. The van der Waals surface area contributed by atoms with E-state index >= 15 is 0 Å². The number of hydrogen-bond donors (Lipinski definition) is 0. The van der Waals surface area contributed by atoms with Gasteiger partial charge in [-0.05, 0) is 30.3 Å². The molecule has 0 aliphatic carbocycles. The fraction of sp³-hybridized carbons (Fsp3) is 0.318. The Labute approximate surface area is 188 Å². The molecule has 166 valence electrons. The van der Waals surface area contributed by atoms with Crippen molar-refractivity contribution in [3.05, 3.63) is 68.0 Å². The van der Waals surface area contributed by atoms with Gasteiger partial charge < -0.3 is 9.80 Å². The number of carbonyl (C=O) groups excluding carboxylic acids is 2. The first-order valence-corrected chi connectivity index (χ1v) is 10.5. The summed E-state index contributed by atoms with van der Waals surface area (Å²) < 4.78 is 2.22. The Morgan fingerprint density at radius 3 is 2.31 bits per heavy atom. The van der Waals surface area contributed by atoms with Crippen LogP contribution in [0.1, 0.15) is 17.3 Å². The number of aromatic nitrogens is 3. The van der Waals surface area contributed by atoms with E-state index in [0.717, 1.165) is 4.57 Å². The van der Waals surface area contributed by atoms with Crippen molar-refractivity contribution in [2.75, 3.05) is 31.1 Å². The van der Waals surface area contributed by atoms with Crippen LogP contribution in [0, 0.1) is 0 Å². The highest BCUT2D eigenvalue weighted by Gasteiger charge is 2.24. The van der Waals surface area contributed by atoms with Gasteiger partial charge in [-0.15, -0.1) is 0 Å². The largest absolute Gasteiger partial charge is 0.367 e. The van der Waals surface area contributed by atoms with Crippen molar-refractivity contribution in [2.45, 2.75) is 13.5 Å². The van der Waals surface area contributed by atoms with Gasteiger partial charge in [-0.2, -0.15) is 0 Å². The second kappa shape index (κ2) is 8.58. The zero-order valence-corrected chi connectivity index (χ0v) is 18.5. The second-order valence-corrected chi connectivity index (χ2v) is 8.12. The fourth-order valence-electron chi connectivity index (χ4n) is 3.93. The SMILES string of the molecule is CC(=O)N1CCN(c2ccnc3c2c(=O)n(CC(=O)c2ccc(Cl)cc2)c(=O)n3C)CC1. The number of rotatable bonds is 4. The van der Waals surface area contributed by atoms with Crippen molar-refractivity contribution in [2.24, 2.45) is 7.05 Å². The lowest BCUT2D eigenvalue weighted by atomic mass is 10.1. The molecule has 1 aliphatic heterocycles. The van der Waals surface area contributed by atoms with Crippen LogP contribution in [0.5, 0.6) is 0 Å². The molecule has 4 rings (SSSR count). The van der Waals surface area contributed by atoms with Crippen LogP contribution in [-0.4, -0.2) is 56.9 Å². The predicted octanol–water partition coefficient (Wildman–Crippen LogP) is 1.30. The van der Waals surface area contributed by atoms with E-state index in [9.17, 15) is 19.2 Å². The van der Waals surface area contributed by atoms with E-state index in [-0.39, 0.29) is 22.7 Å². The molecule has 0 bridgehead atoms. The monoisotopic (exact) mass is 455 g/mol. The summed E-state index contributed by atoms with van der Waals surface area (Å²) in [5.41, 5.74) is 0.0572. The average molecular weight is 456 g/mol. The number of halogens is 1. The highest BCUT2D eigenvalue weighted by molar-refractivity contribution is 6.30. The number of Topliss-reactive ketones (excluding diaryl/α,β-unsaturated/α-hetero) is 1. The number of nitrogens with zero attached hydrogens (tertiary/aromatic N) is 5. The number of benzene rings is 1. The molecule has 0 spiro atoms. The van der Waals surface area contributed by atoms with Crippen LogP contribution in [0.25, 0.3) is 11.0 Å². The van der Waals surface area contributed by atoms with E-state index in [2.05, 4.69) is 4.98 Å². The Morgan fingerprint density at radius 1 is 1.03 bits per heavy atom. The van der Waals surface area contributed by atoms with Crippen molar-refractivity contribution < 1.29 is 9.59 Å². The highest BCUT2D eigenvalue weighted by atomic mass is 35.5. The van der Waals surface area contributed by atoms with Crippen molar-refractivity contribution in [1.29, 1.82) is 0 Å². The minimum absolute atomic E-state index is 0.00898. The van der Waals surface area contributed by atoms with Crippen LogP contribution in [-0.2, 0) is 18.4 Å². The molecule has 3 heterocycles. The van der Waals surface area contributed by atoms with E-state index in [1.807, 2.05) is 4.90 Å². The lowest BCUT2D eigenvalue weighted by molar-refractivity contribution is -0.129. The van der Waals surface area contributed by atoms with Crippen molar-refractivity contribution in [1.82, 2.24) is 19.0 Å². The lowest BCUT2D eigenvalue weighted by Crippen LogP contribution is -2.48. The molecule has 1 aromatic carbocycles. The van der Waals surface area contributed by atoms with Gasteiger partial charge in [0.15, 0.2) is 11.4 Å². The molecule has 0 saturated carbocycles. The third kappa shape index (κ3) is 3.91. The van der Waals surface area contributed by atoms with Crippen molar-refractivity contribution in [3.63, 3.8) is 0 Å². The predicted molar refractivity (Wildman–Crippen MR) is 121 cm³/mol. The Kier molecular flexibility index (Phi) is 5.84. The lowest BCUT2D eigenvalue weighted by Gasteiger charge is -2.36. The number of aryl methyl sites for hydroxylation is 1. The number of ketones is 1. The topological polar surface area (TPSA) is 97.5 Å². The number of hydrogen-bond acceptors (Lipinski definition) is 6. The molecule has 9 nitrogen and oxygen atoms in total. The molecule has 32 heavy (non-hydrogen) atoms. The van der Waals surface area contributed by atoms with Gasteiger partial charge in [-0.1, -0.05) is 11.6 Å². The molecule has 1 aliphatic rings. The summed E-state index contributed by atoms with van der Waals surface area (Å²) in [5, 5.41) is 0.760. The maximum atomic E-state index is 13.4. The van der Waals surface area contributed by atoms with Gasteiger partial charge in [-0.3, -0.25) is 23.5 Å². The van der Waals surface area contributed by atoms with E-state index in [0.29, 0.717) is 42.5 Å². The molecular weight excluding hydrogens is 434 g/mol. The zero-order chi connectivity index (χ0) is 23.0. The number of amides is 1. The van der Waals surface area contributed by atoms with Gasteiger partial charge >= 0.3 is 5.69 Å². The smallest absolute Gasteiger partial charge is 0.332 e. The van der Waals surface area contributed by atoms with Crippen molar-refractivity contribution in [3.8, 4) is 0 Å². The Balaban J connectivity index is 1.77. The molecule has 0 radical (unpaired) electrons. The number of piperazine rings is 1. The van der Waals surface area contributed by atoms with Gasteiger partial charge in [0.1, 0.15) is 5.39 Å². The molecule has 10 heteroatoms. The van der Waals surface area contributed by atoms with Crippen LogP contribution in [0.3, 0.4) is 0 Å². The highest BCUT2D eigenvalue weighted by Crippen LogP contribution is 2.23. The molecule has 1 amide bonds. The minimum Gasteiger partial charge on any atom is -0.367 e. The first-order valence-electron chi connectivity index (χ1n) is 10.2. The first kappa shape index (κ1) is 21.8. The van der Waals surface area contributed by atoms with Crippen LogP contribution in [0.15, 0.2) is 46.1 Å². The number of pyridine rings is 1. The van der Waals surface area contributed by atoms with E-state index < -0.39 is 17.8 Å². The normalized spacial score (nSPS) is 14.1. The summed E-state index contributed by atoms with van der Waals surface area (Å²) >= 11 is 5.88. The summed E-state index contributed by atoms with van der Waals surface area (Å²) in [5.74, 6) is -0.365. The maximum Gasteiger partial charge on any atom is 0.332 e. The zero-order valence-electron chi connectivity index (χ0n) is 17.7. The molecule has 2 aromatic heterocycles. The van der Waals surface area contributed by atoms with Crippen LogP contribution in [0.4, 0.5) is 5.69 Å². The third-order valence-electron chi connectivity index (χ3n) is 5.74. The van der Waals surface area contributed by atoms with E-state index in [1.165, 1.54) is 18.5 Å². The second-order valence-electron chi connectivity index (χ2n) is 7.68. The third-order valence-corrected chi connectivity index (χ3v) is 5.99. The van der Waals surface area contributed by atoms with Crippen LogP contribution in [0.2, 0.25) is 5.02 Å². The Bertz CT molecular complexity index is 1320. The summed E-state index contributed by atoms with van der Waals surface area (Å²) in [4.78, 5) is 58.7. The van der Waals surface area contributed by atoms with Gasteiger partial charge in [0.2, 0.25) is 5.91 Å². The Morgan fingerprint density at radius 2 is 1.69 bits per heavy atom. The molecule has 1 saturated heterocycles.